The number of benzene rings is 2. The number of hydrogen-bond donors (Lipinski definition) is 1. The third-order valence-corrected chi connectivity index (χ3v) is 6.00. The van der Waals surface area contributed by atoms with E-state index in [1.165, 1.54) is 0 Å². The van der Waals surface area contributed by atoms with Crippen LogP contribution in [0.25, 0.3) is 0 Å². The lowest BCUT2D eigenvalue weighted by atomic mass is 10.1. The number of hydrogen-bond acceptors (Lipinski definition) is 4. The highest BCUT2D eigenvalue weighted by molar-refractivity contribution is 7.92. The Labute approximate surface area is 167 Å². The van der Waals surface area contributed by atoms with Crippen molar-refractivity contribution in [3.63, 3.8) is 0 Å². The van der Waals surface area contributed by atoms with E-state index < -0.39 is 10.0 Å². The number of nitrogens with zero attached hydrogens (tertiary/aromatic N) is 1. The molecule has 1 atom stereocenters. The first kappa shape index (κ1) is 21.9. The number of anilines is 1. The molecule has 1 N–H and O–H groups in total. The smallest absolute Gasteiger partial charge is 0.264 e. The van der Waals surface area contributed by atoms with E-state index in [1.807, 2.05) is 26.8 Å². The molecule has 0 spiro atoms. The summed E-state index contributed by atoms with van der Waals surface area (Å²) in [5, 5.41) is 2.77. The lowest BCUT2D eigenvalue weighted by Gasteiger charge is -2.25. The second-order valence-corrected chi connectivity index (χ2v) is 8.96. The van der Waals surface area contributed by atoms with E-state index in [0.29, 0.717) is 12.3 Å². The Bertz CT molecular complexity index is 904. The van der Waals surface area contributed by atoms with Gasteiger partial charge in [0.05, 0.1) is 17.2 Å². The molecule has 0 saturated heterocycles. The molecule has 0 bridgehead atoms. The van der Waals surface area contributed by atoms with Gasteiger partial charge in [-0.2, -0.15) is 0 Å². The minimum Gasteiger partial charge on any atom is -0.383 e. The Kier molecular flexibility index (Phi) is 7.21. The quantitative estimate of drug-likeness (QED) is 0.734. The molecule has 0 saturated carbocycles. The SMILES string of the molecule is COC[C@H](C)NC(=O)CN(c1cc(C)cc(C)c1)S(=O)(=O)c1ccc(C)cc1. The monoisotopic (exact) mass is 404 g/mol. The number of nitrogens with one attached hydrogen (secondary N) is 1. The van der Waals surface area contributed by atoms with Crippen molar-refractivity contribution >= 4 is 21.6 Å². The summed E-state index contributed by atoms with van der Waals surface area (Å²) < 4.78 is 32.9. The molecule has 0 aliphatic carbocycles. The number of ether oxygens (including phenoxy) is 1. The first-order chi connectivity index (χ1) is 13.1. The zero-order valence-corrected chi connectivity index (χ0v) is 17.8. The van der Waals surface area contributed by atoms with Gasteiger partial charge in [-0.3, -0.25) is 9.10 Å². The molecule has 6 nitrogen and oxygen atoms in total. The summed E-state index contributed by atoms with van der Waals surface area (Å²) >= 11 is 0. The van der Waals surface area contributed by atoms with Crippen LogP contribution in [0.3, 0.4) is 0 Å². The van der Waals surface area contributed by atoms with Crippen LogP contribution in [0.5, 0.6) is 0 Å². The van der Waals surface area contributed by atoms with Crippen molar-refractivity contribution in [2.24, 2.45) is 0 Å². The van der Waals surface area contributed by atoms with E-state index in [4.69, 9.17) is 4.74 Å². The number of amides is 1. The van der Waals surface area contributed by atoms with Gasteiger partial charge in [-0.1, -0.05) is 23.8 Å². The van der Waals surface area contributed by atoms with E-state index in [0.717, 1.165) is 21.0 Å². The van der Waals surface area contributed by atoms with Gasteiger partial charge in [0.2, 0.25) is 5.91 Å². The molecule has 28 heavy (non-hydrogen) atoms. The maximum absolute atomic E-state index is 13.3. The fourth-order valence-corrected chi connectivity index (χ4v) is 4.39. The maximum Gasteiger partial charge on any atom is 0.264 e. The normalized spacial score (nSPS) is 12.5. The molecule has 0 aliphatic heterocycles. The Balaban J connectivity index is 2.43. The number of carbonyl (C=O) groups excluding carboxylic acids is 1. The summed E-state index contributed by atoms with van der Waals surface area (Å²) in [7, 11) is -2.36. The molecule has 0 unspecified atom stereocenters. The van der Waals surface area contributed by atoms with Crippen molar-refractivity contribution in [3.8, 4) is 0 Å². The Morgan fingerprint density at radius 1 is 1.04 bits per heavy atom. The molecule has 1 amide bonds. The van der Waals surface area contributed by atoms with Crippen LogP contribution in [0.4, 0.5) is 5.69 Å². The lowest BCUT2D eigenvalue weighted by molar-refractivity contribution is -0.120. The van der Waals surface area contributed by atoms with Gasteiger partial charge in [-0.15, -0.1) is 0 Å². The van der Waals surface area contributed by atoms with Crippen molar-refractivity contribution in [3.05, 3.63) is 59.2 Å². The van der Waals surface area contributed by atoms with Crippen LogP contribution in [0.2, 0.25) is 0 Å². The molecular weight excluding hydrogens is 376 g/mol. The van der Waals surface area contributed by atoms with Crippen LogP contribution in [-0.4, -0.2) is 40.6 Å². The fraction of sp³-hybridized carbons (Fsp3) is 0.381. The number of sulfonamides is 1. The fourth-order valence-electron chi connectivity index (χ4n) is 2.99. The van der Waals surface area contributed by atoms with Crippen LogP contribution >= 0.6 is 0 Å². The van der Waals surface area contributed by atoms with E-state index in [2.05, 4.69) is 5.32 Å². The molecule has 152 valence electrons. The molecule has 2 rings (SSSR count). The van der Waals surface area contributed by atoms with Gasteiger partial charge in [-0.25, -0.2) is 8.42 Å². The van der Waals surface area contributed by atoms with Crippen LogP contribution in [0.1, 0.15) is 23.6 Å². The standard InChI is InChI=1S/C21H28N2O4S/c1-15-6-8-20(9-7-15)28(25,26)23(13-21(24)22-18(4)14-27-5)19-11-16(2)10-17(3)12-19/h6-12,18H,13-14H2,1-5H3,(H,22,24)/t18-/m0/s1. The Hall–Kier alpha value is -2.38. The van der Waals surface area contributed by atoms with Crippen molar-refractivity contribution < 1.29 is 17.9 Å². The number of carbonyl (C=O) groups is 1. The number of methoxy groups -OCH3 is 1. The minimum atomic E-state index is -3.91. The van der Waals surface area contributed by atoms with Gasteiger partial charge in [0, 0.05) is 13.2 Å². The van der Waals surface area contributed by atoms with Crippen LogP contribution in [0, 0.1) is 20.8 Å². The zero-order valence-electron chi connectivity index (χ0n) is 17.0. The summed E-state index contributed by atoms with van der Waals surface area (Å²) in [5.74, 6) is -0.389. The molecule has 0 fully saturated rings. The third kappa shape index (κ3) is 5.56. The number of aryl methyl sites for hydroxylation is 3. The molecule has 0 heterocycles. The minimum absolute atomic E-state index is 0.148. The average Bonchev–Trinajstić information content (AvgIpc) is 2.59. The molecule has 2 aromatic carbocycles. The summed E-state index contributed by atoms with van der Waals surface area (Å²) in [4.78, 5) is 12.7. The topological polar surface area (TPSA) is 75.7 Å². The molecule has 0 radical (unpaired) electrons. The van der Waals surface area contributed by atoms with Gasteiger partial charge in [0.1, 0.15) is 6.54 Å². The first-order valence-electron chi connectivity index (χ1n) is 9.09. The predicted octanol–water partition coefficient (Wildman–Crippen LogP) is 2.96. The first-order valence-corrected chi connectivity index (χ1v) is 10.5. The van der Waals surface area contributed by atoms with Crippen LogP contribution in [0.15, 0.2) is 47.4 Å². The summed E-state index contributed by atoms with van der Waals surface area (Å²) in [6.07, 6.45) is 0. The molecule has 7 heteroatoms. The second kappa shape index (κ2) is 9.21. The second-order valence-electron chi connectivity index (χ2n) is 7.09. The zero-order chi connectivity index (χ0) is 20.9. The molecular formula is C21H28N2O4S. The van der Waals surface area contributed by atoms with E-state index in [-0.39, 0.29) is 23.4 Å². The maximum atomic E-state index is 13.3. The molecule has 0 aromatic heterocycles. The highest BCUT2D eigenvalue weighted by Gasteiger charge is 2.28. The molecule has 2 aromatic rings. The summed E-state index contributed by atoms with van der Waals surface area (Å²) in [6.45, 7) is 7.52. The van der Waals surface area contributed by atoms with Gasteiger partial charge in [0.25, 0.3) is 10.0 Å². The van der Waals surface area contributed by atoms with Crippen molar-refractivity contribution in [1.82, 2.24) is 5.32 Å². The van der Waals surface area contributed by atoms with E-state index in [9.17, 15) is 13.2 Å². The van der Waals surface area contributed by atoms with Gasteiger partial charge in [-0.05, 0) is 63.1 Å². The summed E-state index contributed by atoms with van der Waals surface area (Å²) in [6, 6.07) is 11.9. The Morgan fingerprint density at radius 3 is 2.14 bits per heavy atom. The van der Waals surface area contributed by atoms with E-state index in [1.54, 1.807) is 50.4 Å². The van der Waals surface area contributed by atoms with Crippen molar-refractivity contribution in [2.75, 3.05) is 24.6 Å². The van der Waals surface area contributed by atoms with Gasteiger partial charge >= 0.3 is 0 Å². The van der Waals surface area contributed by atoms with Crippen LogP contribution < -0.4 is 9.62 Å². The number of rotatable bonds is 8. The largest absolute Gasteiger partial charge is 0.383 e. The third-order valence-electron chi connectivity index (χ3n) is 4.21. The Morgan fingerprint density at radius 2 is 1.61 bits per heavy atom. The highest BCUT2D eigenvalue weighted by atomic mass is 32.2. The predicted molar refractivity (Wildman–Crippen MR) is 111 cm³/mol. The van der Waals surface area contributed by atoms with Crippen molar-refractivity contribution in [2.45, 2.75) is 38.6 Å². The average molecular weight is 405 g/mol. The summed E-state index contributed by atoms with van der Waals surface area (Å²) in [5.41, 5.74) is 3.27. The highest BCUT2D eigenvalue weighted by Crippen LogP contribution is 2.26. The van der Waals surface area contributed by atoms with Crippen molar-refractivity contribution in [1.29, 1.82) is 0 Å². The van der Waals surface area contributed by atoms with Gasteiger partial charge in [0.15, 0.2) is 0 Å². The van der Waals surface area contributed by atoms with Gasteiger partial charge < -0.3 is 10.1 Å². The lowest BCUT2D eigenvalue weighted by Crippen LogP contribution is -2.44. The van der Waals surface area contributed by atoms with Crippen LogP contribution in [-0.2, 0) is 19.6 Å². The van der Waals surface area contributed by atoms with E-state index >= 15 is 0 Å². The molecule has 0 aliphatic rings.